The predicted octanol–water partition coefficient (Wildman–Crippen LogP) is 1.37. The molecule has 0 bridgehead atoms. The Morgan fingerprint density at radius 3 is 2.87 bits per heavy atom. The van der Waals surface area contributed by atoms with Crippen molar-refractivity contribution in [1.29, 1.82) is 0 Å². The van der Waals surface area contributed by atoms with Gasteiger partial charge >= 0.3 is 5.97 Å². The molecule has 1 saturated heterocycles. The van der Waals surface area contributed by atoms with Crippen molar-refractivity contribution in [1.82, 2.24) is 4.90 Å². The number of hydrogen-bond acceptors (Lipinski definition) is 4. The summed E-state index contributed by atoms with van der Waals surface area (Å²) in [5.74, 6) is 0.0644. The zero-order valence-corrected chi connectivity index (χ0v) is 9.97. The van der Waals surface area contributed by atoms with E-state index < -0.39 is 0 Å². The van der Waals surface area contributed by atoms with Crippen LogP contribution in [-0.2, 0) is 14.3 Å². The first-order valence-corrected chi connectivity index (χ1v) is 5.88. The van der Waals surface area contributed by atoms with Crippen LogP contribution < -0.4 is 0 Å². The maximum absolute atomic E-state index is 11.5. The quantitative estimate of drug-likeness (QED) is 0.542. The van der Waals surface area contributed by atoms with Gasteiger partial charge in [0.1, 0.15) is 0 Å². The number of carbonyl (C=O) groups is 2. The van der Waals surface area contributed by atoms with E-state index in [2.05, 4.69) is 0 Å². The SMILES string of the molecule is CCOC(=O)/C=C1\SCC(=O)N1C(C)C. The van der Waals surface area contributed by atoms with E-state index in [4.69, 9.17) is 4.74 Å². The first-order valence-electron chi connectivity index (χ1n) is 4.89. The molecular formula is C10H15NO3S. The van der Waals surface area contributed by atoms with Gasteiger partial charge in [0.05, 0.1) is 23.5 Å². The second kappa shape index (κ2) is 5.21. The molecule has 0 atom stereocenters. The number of thioether (sulfide) groups is 1. The van der Waals surface area contributed by atoms with Crippen molar-refractivity contribution < 1.29 is 14.3 Å². The topological polar surface area (TPSA) is 46.6 Å². The van der Waals surface area contributed by atoms with Crippen LogP contribution >= 0.6 is 11.8 Å². The Kier molecular flexibility index (Phi) is 4.20. The fourth-order valence-electron chi connectivity index (χ4n) is 1.34. The lowest BCUT2D eigenvalue weighted by atomic mass is 10.3. The summed E-state index contributed by atoms with van der Waals surface area (Å²) in [6, 6.07) is 0.0770. The lowest BCUT2D eigenvalue weighted by Gasteiger charge is -2.20. The number of ether oxygens (including phenoxy) is 1. The van der Waals surface area contributed by atoms with Gasteiger partial charge in [-0.15, -0.1) is 0 Å². The van der Waals surface area contributed by atoms with Crippen LogP contribution in [0.5, 0.6) is 0 Å². The number of nitrogens with zero attached hydrogens (tertiary/aromatic N) is 1. The summed E-state index contributed by atoms with van der Waals surface area (Å²) in [7, 11) is 0. The van der Waals surface area contributed by atoms with Crippen molar-refractivity contribution in [3.8, 4) is 0 Å². The molecule has 0 unspecified atom stereocenters. The number of carbonyl (C=O) groups excluding carboxylic acids is 2. The third kappa shape index (κ3) is 2.99. The molecular weight excluding hydrogens is 214 g/mol. The van der Waals surface area contributed by atoms with Crippen LogP contribution in [0.2, 0.25) is 0 Å². The van der Waals surface area contributed by atoms with Crippen LogP contribution in [0, 0.1) is 0 Å². The molecule has 0 aliphatic carbocycles. The highest BCUT2D eigenvalue weighted by Crippen LogP contribution is 2.30. The molecule has 0 aromatic carbocycles. The van der Waals surface area contributed by atoms with Gasteiger partial charge in [0.15, 0.2) is 0 Å². The van der Waals surface area contributed by atoms with Gasteiger partial charge in [0.25, 0.3) is 0 Å². The fraction of sp³-hybridized carbons (Fsp3) is 0.600. The van der Waals surface area contributed by atoms with Crippen LogP contribution in [0.3, 0.4) is 0 Å². The Labute approximate surface area is 93.6 Å². The van der Waals surface area contributed by atoms with Gasteiger partial charge in [-0.3, -0.25) is 4.79 Å². The predicted molar refractivity (Wildman–Crippen MR) is 59.2 cm³/mol. The van der Waals surface area contributed by atoms with Crippen molar-refractivity contribution in [2.45, 2.75) is 26.8 Å². The summed E-state index contributed by atoms with van der Waals surface area (Å²) < 4.78 is 4.80. The molecule has 1 rings (SSSR count). The van der Waals surface area contributed by atoms with E-state index in [1.54, 1.807) is 11.8 Å². The molecule has 1 aliphatic heterocycles. The Hall–Kier alpha value is -0.970. The average molecular weight is 229 g/mol. The van der Waals surface area contributed by atoms with Crippen molar-refractivity contribution in [3.63, 3.8) is 0 Å². The van der Waals surface area contributed by atoms with E-state index in [9.17, 15) is 9.59 Å². The highest BCUT2D eigenvalue weighted by Gasteiger charge is 2.29. The summed E-state index contributed by atoms with van der Waals surface area (Å²) in [5.41, 5.74) is 0. The highest BCUT2D eigenvalue weighted by atomic mass is 32.2. The maximum Gasteiger partial charge on any atom is 0.333 e. The van der Waals surface area contributed by atoms with E-state index in [1.165, 1.54) is 17.8 Å². The van der Waals surface area contributed by atoms with Gasteiger partial charge in [0, 0.05) is 6.04 Å². The third-order valence-corrected chi connectivity index (χ3v) is 2.90. The van der Waals surface area contributed by atoms with E-state index in [0.717, 1.165) is 0 Å². The smallest absolute Gasteiger partial charge is 0.333 e. The fourth-order valence-corrected chi connectivity index (χ4v) is 2.38. The summed E-state index contributed by atoms with van der Waals surface area (Å²) in [4.78, 5) is 24.3. The molecule has 5 heteroatoms. The second-order valence-electron chi connectivity index (χ2n) is 3.38. The van der Waals surface area contributed by atoms with Crippen molar-refractivity contribution in [2.75, 3.05) is 12.4 Å². The lowest BCUT2D eigenvalue weighted by Crippen LogP contribution is -2.31. The van der Waals surface area contributed by atoms with E-state index in [-0.39, 0.29) is 17.9 Å². The maximum atomic E-state index is 11.5. The first kappa shape index (κ1) is 12.1. The van der Waals surface area contributed by atoms with Gasteiger partial charge in [-0.2, -0.15) is 0 Å². The van der Waals surface area contributed by atoms with Gasteiger partial charge in [0.2, 0.25) is 5.91 Å². The standard InChI is InChI=1S/C10H15NO3S/c1-4-14-10(13)5-9-11(7(2)3)8(12)6-15-9/h5,7H,4,6H2,1-3H3/b9-5-. The van der Waals surface area contributed by atoms with E-state index in [1.807, 2.05) is 13.8 Å². The summed E-state index contributed by atoms with van der Waals surface area (Å²) >= 11 is 1.38. The minimum Gasteiger partial charge on any atom is -0.463 e. The Bertz CT molecular complexity index is 299. The molecule has 4 nitrogen and oxygen atoms in total. The molecule has 1 fully saturated rings. The molecule has 1 aliphatic rings. The molecule has 0 spiro atoms. The molecule has 0 aromatic heterocycles. The second-order valence-corrected chi connectivity index (χ2v) is 4.38. The summed E-state index contributed by atoms with van der Waals surface area (Å²) in [5, 5.41) is 0.688. The normalized spacial score (nSPS) is 19.1. The van der Waals surface area contributed by atoms with Crippen molar-refractivity contribution in [2.24, 2.45) is 0 Å². The molecule has 1 heterocycles. The largest absolute Gasteiger partial charge is 0.463 e. The minimum atomic E-state index is -0.389. The zero-order chi connectivity index (χ0) is 11.4. The molecule has 1 amide bonds. The molecule has 0 radical (unpaired) electrons. The Balaban J connectivity index is 2.76. The first-order chi connectivity index (χ1) is 7.06. The third-order valence-electron chi connectivity index (χ3n) is 1.89. The van der Waals surface area contributed by atoms with Gasteiger partial charge < -0.3 is 9.64 Å². The Morgan fingerprint density at radius 1 is 1.67 bits per heavy atom. The molecule has 0 aromatic rings. The van der Waals surface area contributed by atoms with Crippen LogP contribution in [0.15, 0.2) is 11.1 Å². The molecule has 15 heavy (non-hydrogen) atoms. The molecule has 0 saturated carbocycles. The van der Waals surface area contributed by atoms with Gasteiger partial charge in [-0.05, 0) is 20.8 Å². The highest BCUT2D eigenvalue weighted by molar-refractivity contribution is 8.04. The van der Waals surface area contributed by atoms with Crippen molar-refractivity contribution >= 4 is 23.6 Å². The Morgan fingerprint density at radius 2 is 2.33 bits per heavy atom. The number of rotatable bonds is 3. The summed E-state index contributed by atoms with van der Waals surface area (Å²) in [6.07, 6.45) is 1.39. The van der Waals surface area contributed by atoms with Crippen LogP contribution in [0.4, 0.5) is 0 Å². The number of esters is 1. The molecule has 84 valence electrons. The summed E-state index contributed by atoms with van der Waals surface area (Å²) in [6.45, 7) is 5.94. The van der Waals surface area contributed by atoms with Crippen LogP contribution in [0.25, 0.3) is 0 Å². The van der Waals surface area contributed by atoms with Crippen molar-refractivity contribution in [3.05, 3.63) is 11.1 Å². The van der Waals surface area contributed by atoms with E-state index >= 15 is 0 Å². The van der Waals surface area contributed by atoms with Crippen LogP contribution in [0.1, 0.15) is 20.8 Å². The van der Waals surface area contributed by atoms with Gasteiger partial charge in [-0.25, -0.2) is 4.79 Å². The minimum absolute atomic E-state index is 0.0468. The van der Waals surface area contributed by atoms with Crippen LogP contribution in [-0.4, -0.2) is 35.2 Å². The van der Waals surface area contributed by atoms with Gasteiger partial charge in [-0.1, -0.05) is 11.8 Å². The van der Waals surface area contributed by atoms with E-state index in [0.29, 0.717) is 17.4 Å². The number of hydrogen-bond donors (Lipinski definition) is 0. The lowest BCUT2D eigenvalue weighted by molar-refractivity contribution is -0.137. The number of amides is 1. The zero-order valence-electron chi connectivity index (χ0n) is 9.15. The average Bonchev–Trinajstić information content (AvgIpc) is 2.47. The molecule has 0 N–H and O–H groups in total. The monoisotopic (exact) mass is 229 g/mol.